The number of nitrogens with zero attached hydrogens (tertiary/aromatic N) is 1. The summed E-state index contributed by atoms with van der Waals surface area (Å²) in [7, 11) is 3.99. The summed E-state index contributed by atoms with van der Waals surface area (Å²) < 4.78 is 45.4. The second kappa shape index (κ2) is 10.7. The van der Waals surface area contributed by atoms with E-state index in [0.717, 1.165) is 29.8 Å². The summed E-state index contributed by atoms with van der Waals surface area (Å²) in [6, 6.07) is 24.9. The van der Waals surface area contributed by atoms with Gasteiger partial charge < -0.3 is 9.64 Å². The van der Waals surface area contributed by atoms with Crippen LogP contribution in [0.25, 0.3) is 0 Å². The Morgan fingerprint density at radius 1 is 0.742 bits per heavy atom. The number of halogens is 4. The summed E-state index contributed by atoms with van der Waals surface area (Å²) in [6.45, 7) is 0.766. The van der Waals surface area contributed by atoms with Crippen LogP contribution in [0.3, 0.4) is 0 Å². The van der Waals surface area contributed by atoms with Crippen LogP contribution in [0.5, 0.6) is 5.75 Å². The van der Waals surface area contributed by atoms with Gasteiger partial charge in [0.15, 0.2) is 0 Å². The summed E-state index contributed by atoms with van der Waals surface area (Å²) in [5.41, 5.74) is 0.700. The molecule has 6 heteroatoms. The van der Waals surface area contributed by atoms with E-state index in [0.29, 0.717) is 18.6 Å². The van der Waals surface area contributed by atoms with Gasteiger partial charge in [0.2, 0.25) is 0 Å². The number of rotatable bonds is 8. The second-order valence-corrected chi connectivity index (χ2v) is 7.70. The lowest BCUT2D eigenvalue weighted by Crippen LogP contribution is -2.38. The second-order valence-electron chi connectivity index (χ2n) is 7.70. The molecule has 0 fully saturated rings. The molecule has 3 rings (SSSR count). The molecule has 1 atom stereocenters. The summed E-state index contributed by atoms with van der Waals surface area (Å²) in [5.74, 6) is 0.418. The minimum absolute atomic E-state index is 0. The smallest absolute Gasteiger partial charge is 0.416 e. The number of hydrogen-bond donors (Lipinski definition) is 0. The Morgan fingerprint density at radius 2 is 1.29 bits per heavy atom. The molecule has 0 saturated carbocycles. The van der Waals surface area contributed by atoms with Crippen molar-refractivity contribution >= 4 is 12.4 Å². The Bertz CT molecular complexity index is 915. The van der Waals surface area contributed by atoms with Crippen molar-refractivity contribution in [3.8, 4) is 5.75 Å². The van der Waals surface area contributed by atoms with Crippen LogP contribution in [0.2, 0.25) is 0 Å². The molecule has 3 aromatic rings. The SMILES string of the molecule is CN(C)CCC(Cc1ccccc1)(Oc1ccc(C(F)(F)F)cc1)c1ccccc1.Cl. The lowest BCUT2D eigenvalue weighted by Gasteiger charge is -2.36. The normalized spacial score (nSPS) is 13.4. The Kier molecular flexibility index (Phi) is 8.54. The zero-order valence-electron chi connectivity index (χ0n) is 17.6. The van der Waals surface area contributed by atoms with E-state index in [1.165, 1.54) is 12.1 Å². The predicted molar refractivity (Wildman–Crippen MR) is 121 cm³/mol. The van der Waals surface area contributed by atoms with Crippen LogP contribution >= 0.6 is 12.4 Å². The van der Waals surface area contributed by atoms with Gasteiger partial charge in [-0.05, 0) is 49.5 Å². The zero-order valence-corrected chi connectivity index (χ0v) is 18.4. The van der Waals surface area contributed by atoms with Crippen LogP contribution in [-0.4, -0.2) is 25.5 Å². The molecule has 31 heavy (non-hydrogen) atoms. The monoisotopic (exact) mass is 449 g/mol. The van der Waals surface area contributed by atoms with Crippen LogP contribution in [0.15, 0.2) is 84.9 Å². The van der Waals surface area contributed by atoms with Crippen molar-refractivity contribution in [1.82, 2.24) is 4.90 Å². The third-order valence-corrected chi connectivity index (χ3v) is 5.09. The summed E-state index contributed by atoms with van der Waals surface area (Å²) >= 11 is 0. The maximum atomic E-state index is 13.0. The van der Waals surface area contributed by atoms with Gasteiger partial charge in [0.05, 0.1) is 5.56 Å². The molecule has 0 heterocycles. The molecule has 0 amide bonds. The van der Waals surface area contributed by atoms with E-state index in [2.05, 4.69) is 4.90 Å². The number of ether oxygens (including phenoxy) is 1. The van der Waals surface area contributed by atoms with Gasteiger partial charge in [0.25, 0.3) is 0 Å². The van der Waals surface area contributed by atoms with Crippen molar-refractivity contribution in [2.45, 2.75) is 24.6 Å². The fraction of sp³-hybridized carbons (Fsp3) is 0.280. The summed E-state index contributed by atoms with van der Waals surface area (Å²) in [4.78, 5) is 2.08. The third kappa shape index (κ3) is 6.74. The maximum Gasteiger partial charge on any atom is 0.416 e. The molecular weight excluding hydrogens is 423 g/mol. The molecule has 1 unspecified atom stereocenters. The molecule has 0 aliphatic rings. The maximum absolute atomic E-state index is 13.0. The highest BCUT2D eigenvalue weighted by atomic mass is 35.5. The van der Waals surface area contributed by atoms with Gasteiger partial charge in [0.1, 0.15) is 11.4 Å². The van der Waals surface area contributed by atoms with Gasteiger partial charge in [-0.3, -0.25) is 0 Å². The van der Waals surface area contributed by atoms with Gasteiger partial charge in [-0.25, -0.2) is 0 Å². The first-order valence-electron chi connectivity index (χ1n) is 9.89. The molecule has 0 aliphatic carbocycles. The Balaban J connectivity index is 0.00000341. The molecule has 0 bridgehead atoms. The molecule has 0 aliphatic heterocycles. The van der Waals surface area contributed by atoms with E-state index in [1.54, 1.807) is 0 Å². The topological polar surface area (TPSA) is 12.5 Å². The lowest BCUT2D eigenvalue weighted by atomic mass is 9.83. The van der Waals surface area contributed by atoms with E-state index in [1.807, 2.05) is 74.8 Å². The molecule has 0 radical (unpaired) electrons. The Labute approximate surface area is 188 Å². The van der Waals surface area contributed by atoms with E-state index < -0.39 is 17.3 Å². The first-order chi connectivity index (χ1) is 14.3. The lowest BCUT2D eigenvalue weighted by molar-refractivity contribution is -0.137. The fourth-order valence-electron chi connectivity index (χ4n) is 3.49. The molecule has 0 saturated heterocycles. The number of hydrogen-bond acceptors (Lipinski definition) is 2. The molecule has 0 N–H and O–H groups in total. The predicted octanol–water partition coefficient (Wildman–Crippen LogP) is 6.60. The third-order valence-electron chi connectivity index (χ3n) is 5.09. The van der Waals surface area contributed by atoms with Crippen molar-refractivity contribution in [3.05, 3.63) is 102 Å². The van der Waals surface area contributed by atoms with Gasteiger partial charge in [-0.1, -0.05) is 60.7 Å². The molecule has 166 valence electrons. The highest BCUT2D eigenvalue weighted by Gasteiger charge is 2.36. The minimum Gasteiger partial charge on any atom is -0.482 e. The number of alkyl halides is 3. The molecule has 3 aromatic carbocycles. The van der Waals surface area contributed by atoms with Crippen LogP contribution in [-0.2, 0) is 18.2 Å². The molecule has 0 aromatic heterocycles. The molecule has 0 spiro atoms. The zero-order chi connectivity index (χ0) is 21.6. The summed E-state index contributed by atoms with van der Waals surface area (Å²) in [6.07, 6.45) is -3.09. The molecule has 2 nitrogen and oxygen atoms in total. The Morgan fingerprint density at radius 3 is 1.81 bits per heavy atom. The largest absolute Gasteiger partial charge is 0.482 e. The van der Waals surface area contributed by atoms with Crippen LogP contribution < -0.4 is 4.74 Å². The van der Waals surface area contributed by atoms with E-state index in [9.17, 15) is 13.2 Å². The fourth-order valence-corrected chi connectivity index (χ4v) is 3.49. The van der Waals surface area contributed by atoms with Crippen molar-refractivity contribution in [3.63, 3.8) is 0 Å². The van der Waals surface area contributed by atoms with Gasteiger partial charge in [0, 0.05) is 19.4 Å². The summed E-state index contributed by atoms with van der Waals surface area (Å²) in [5, 5.41) is 0. The van der Waals surface area contributed by atoms with Crippen molar-refractivity contribution < 1.29 is 17.9 Å². The highest BCUT2D eigenvalue weighted by Crippen LogP contribution is 2.37. The average molecular weight is 450 g/mol. The van der Waals surface area contributed by atoms with E-state index in [4.69, 9.17) is 4.74 Å². The van der Waals surface area contributed by atoms with Crippen LogP contribution in [0.1, 0.15) is 23.1 Å². The van der Waals surface area contributed by atoms with Crippen molar-refractivity contribution in [2.75, 3.05) is 20.6 Å². The van der Waals surface area contributed by atoms with Crippen LogP contribution in [0, 0.1) is 0 Å². The standard InChI is InChI=1S/C25H26F3NO.ClH/c1-29(2)18-17-24(21-11-7-4-8-12-21,19-20-9-5-3-6-10-20)30-23-15-13-22(14-16-23)25(26,27)28;/h3-16H,17-19H2,1-2H3;1H. The van der Waals surface area contributed by atoms with Gasteiger partial charge in [-0.15, -0.1) is 12.4 Å². The van der Waals surface area contributed by atoms with Crippen molar-refractivity contribution in [2.24, 2.45) is 0 Å². The first kappa shape index (κ1) is 24.8. The van der Waals surface area contributed by atoms with Crippen LogP contribution in [0.4, 0.5) is 13.2 Å². The Hall–Kier alpha value is -2.50. The van der Waals surface area contributed by atoms with E-state index >= 15 is 0 Å². The first-order valence-corrected chi connectivity index (χ1v) is 9.89. The minimum atomic E-state index is -4.37. The molecular formula is C25H27ClF3NO. The quantitative estimate of drug-likeness (QED) is 0.384. The van der Waals surface area contributed by atoms with Crippen molar-refractivity contribution in [1.29, 1.82) is 0 Å². The van der Waals surface area contributed by atoms with Gasteiger partial charge in [-0.2, -0.15) is 13.2 Å². The number of benzene rings is 3. The van der Waals surface area contributed by atoms with Gasteiger partial charge >= 0.3 is 6.18 Å². The highest BCUT2D eigenvalue weighted by molar-refractivity contribution is 5.85. The van der Waals surface area contributed by atoms with E-state index in [-0.39, 0.29) is 12.4 Å². The average Bonchev–Trinajstić information content (AvgIpc) is 2.73.